The van der Waals surface area contributed by atoms with Gasteiger partial charge in [-0.15, -0.1) is 0 Å². The van der Waals surface area contributed by atoms with Crippen LogP contribution in [0.5, 0.6) is 0 Å². The van der Waals surface area contributed by atoms with Gasteiger partial charge in [-0.2, -0.15) is 0 Å². The molecule has 0 bridgehead atoms. The highest BCUT2D eigenvalue weighted by molar-refractivity contribution is 5.67. The van der Waals surface area contributed by atoms with E-state index in [1.165, 1.54) is 11.1 Å². The van der Waals surface area contributed by atoms with Gasteiger partial charge in [0.25, 0.3) is 0 Å². The molecular formula is C24H25NO2. The standard InChI is InChI=1S/C24H25NO2/c26-24(27)17-23(16-20-10-4-1-5-11-20)25(18-21-12-6-2-7-13-21)19-22-14-8-3-9-15-22/h1-15,23H,16-19H2,(H,26,27)/t23-/m1/s1. The number of rotatable bonds is 9. The minimum Gasteiger partial charge on any atom is -0.481 e. The van der Waals surface area contributed by atoms with Crippen molar-refractivity contribution in [3.8, 4) is 0 Å². The maximum absolute atomic E-state index is 11.6. The van der Waals surface area contributed by atoms with Crippen molar-refractivity contribution in [1.82, 2.24) is 4.90 Å². The molecule has 0 unspecified atom stereocenters. The molecule has 0 heterocycles. The second-order valence-electron chi connectivity index (χ2n) is 6.82. The van der Waals surface area contributed by atoms with Gasteiger partial charge < -0.3 is 5.11 Å². The lowest BCUT2D eigenvalue weighted by molar-refractivity contribution is -0.138. The molecular weight excluding hydrogens is 334 g/mol. The summed E-state index contributed by atoms with van der Waals surface area (Å²) in [5.41, 5.74) is 3.55. The summed E-state index contributed by atoms with van der Waals surface area (Å²) >= 11 is 0. The van der Waals surface area contributed by atoms with E-state index in [0.29, 0.717) is 6.42 Å². The monoisotopic (exact) mass is 359 g/mol. The quantitative estimate of drug-likeness (QED) is 0.598. The summed E-state index contributed by atoms with van der Waals surface area (Å²) < 4.78 is 0. The van der Waals surface area contributed by atoms with Crippen LogP contribution in [0.2, 0.25) is 0 Å². The summed E-state index contributed by atoms with van der Waals surface area (Å²) in [5.74, 6) is -0.762. The van der Waals surface area contributed by atoms with Gasteiger partial charge in [0.1, 0.15) is 0 Å². The number of hydrogen-bond donors (Lipinski definition) is 1. The molecule has 3 nitrogen and oxygen atoms in total. The number of benzene rings is 3. The zero-order valence-corrected chi connectivity index (χ0v) is 15.4. The lowest BCUT2D eigenvalue weighted by Gasteiger charge is -2.31. The highest BCUT2D eigenvalue weighted by atomic mass is 16.4. The van der Waals surface area contributed by atoms with Gasteiger partial charge in [-0.1, -0.05) is 91.0 Å². The molecule has 3 aromatic rings. The van der Waals surface area contributed by atoms with Gasteiger partial charge in [-0.05, 0) is 23.1 Å². The number of hydrogen-bond acceptors (Lipinski definition) is 2. The van der Waals surface area contributed by atoms with E-state index >= 15 is 0 Å². The van der Waals surface area contributed by atoms with Gasteiger partial charge in [-0.3, -0.25) is 9.69 Å². The van der Waals surface area contributed by atoms with Crippen LogP contribution < -0.4 is 0 Å². The molecule has 27 heavy (non-hydrogen) atoms. The highest BCUT2D eigenvalue weighted by Crippen LogP contribution is 2.19. The van der Waals surface area contributed by atoms with Crippen molar-refractivity contribution < 1.29 is 9.90 Å². The Bertz CT molecular complexity index is 777. The first-order valence-corrected chi connectivity index (χ1v) is 9.28. The molecule has 0 spiro atoms. The van der Waals surface area contributed by atoms with E-state index in [-0.39, 0.29) is 12.5 Å². The predicted octanol–water partition coefficient (Wildman–Crippen LogP) is 4.77. The van der Waals surface area contributed by atoms with Crippen LogP contribution in [0.1, 0.15) is 23.1 Å². The fraction of sp³-hybridized carbons (Fsp3) is 0.208. The lowest BCUT2D eigenvalue weighted by Crippen LogP contribution is -2.37. The van der Waals surface area contributed by atoms with Crippen LogP contribution in [0.15, 0.2) is 91.0 Å². The van der Waals surface area contributed by atoms with Crippen LogP contribution in [-0.2, 0) is 24.3 Å². The molecule has 3 aromatic carbocycles. The first-order chi connectivity index (χ1) is 13.2. The van der Waals surface area contributed by atoms with E-state index in [4.69, 9.17) is 0 Å². The summed E-state index contributed by atoms with van der Waals surface area (Å²) in [4.78, 5) is 13.9. The van der Waals surface area contributed by atoms with Gasteiger partial charge in [0, 0.05) is 19.1 Å². The Morgan fingerprint density at radius 3 is 1.52 bits per heavy atom. The minimum atomic E-state index is -0.762. The molecule has 1 atom stereocenters. The molecule has 3 heteroatoms. The van der Waals surface area contributed by atoms with E-state index in [0.717, 1.165) is 18.7 Å². The van der Waals surface area contributed by atoms with E-state index < -0.39 is 5.97 Å². The zero-order chi connectivity index (χ0) is 18.9. The van der Waals surface area contributed by atoms with Gasteiger partial charge in [0.05, 0.1) is 6.42 Å². The summed E-state index contributed by atoms with van der Waals surface area (Å²) in [6.45, 7) is 1.45. The van der Waals surface area contributed by atoms with Crippen molar-refractivity contribution in [2.75, 3.05) is 0 Å². The molecule has 0 aliphatic heterocycles. The maximum Gasteiger partial charge on any atom is 0.304 e. The Balaban J connectivity index is 1.86. The molecule has 0 aliphatic carbocycles. The second kappa shape index (κ2) is 9.70. The largest absolute Gasteiger partial charge is 0.481 e. The molecule has 138 valence electrons. The smallest absolute Gasteiger partial charge is 0.304 e. The molecule has 1 N–H and O–H groups in total. The number of carboxylic acids is 1. The van der Waals surface area contributed by atoms with E-state index in [1.807, 2.05) is 54.6 Å². The third-order valence-corrected chi connectivity index (χ3v) is 4.70. The normalized spacial score (nSPS) is 12.0. The number of carbonyl (C=O) groups is 1. The number of aliphatic carboxylic acids is 1. The molecule has 0 aromatic heterocycles. The fourth-order valence-electron chi connectivity index (χ4n) is 3.37. The molecule has 0 amide bonds. The van der Waals surface area contributed by atoms with Crippen molar-refractivity contribution in [3.63, 3.8) is 0 Å². The third-order valence-electron chi connectivity index (χ3n) is 4.70. The molecule has 0 aliphatic rings. The average molecular weight is 359 g/mol. The van der Waals surface area contributed by atoms with E-state index in [2.05, 4.69) is 41.3 Å². The Hall–Kier alpha value is -2.91. The molecule has 0 saturated heterocycles. The first-order valence-electron chi connectivity index (χ1n) is 9.28. The average Bonchev–Trinajstić information content (AvgIpc) is 2.69. The molecule has 3 rings (SSSR count). The topological polar surface area (TPSA) is 40.5 Å². The molecule has 0 saturated carbocycles. The van der Waals surface area contributed by atoms with Crippen LogP contribution in [0.4, 0.5) is 0 Å². The summed E-state index contributed by atoms with van der Waals surface area (Å²) in [5, 5.41) is 9.52. The van der Waals surface area contributed by atoms with Crippen molar-refractivity contribution >= 4 is 5.97 Å². The van der Waals surface area contributed by atoms with Crippen LogP contribution in [0, 0.1) is 0 Å². The van der Waals surface area contributed by atoms with Crippen LogP contribution in [-0.4, -0.2) is 22.0 Å². The highest BCUT2D eigenvalue weighted by Gasteiger charge is 2.22. The second-order valence-corrected chi connectivity index (χ2v) is 6.82. The number of carboxylic acid groups (broad SMARTS) is 1. The molecule has 0 radical (unpaired) electrons. The lowest BCUT2D eigenvalue weighted by atomic mass is 10.00. The van der Waals surface area contributed by atoms with Gasteiger partial charge in [-0.25, -0.2) is 0 Å². The Labute approximate surface area is 160 Å². The predicted molar refractivity (Wildman–Crippen MR) is 108 cm³/mol. The van der Waals surface area contributed by atoms with E-state index in [9.17, 15) is 9.90 Å². The molecule has 0 fully saturated rings. The SMILES string of the molecule is O=C(O)C[C@@H](Cc1ccccc1)N(Cc1ccccc1)Cc1ccccc1. The van der Waals surface area contributed by atoms with Crippen LogP contribution in [0.25, 0.3) is 0 Å². The van der Waals surface area contributed by atoms with Gasteiger partial charge in [0.2, 0.25) is 0 Å². The Morgan fingerprint density at radius 1 is 0.704 bits per heavy atom. The van der Waals surface area contributed by atoms with Crippen LogP contribution in [0.3, 0.4) is 0 Å². The minimum absolute atomic E-state index is 0.0784. The summed E-state index contributed by atoms with van der Waals surface area (Å²) in [6.07, 6.45) is 0.835. The van der Waals surface area contributed by atoms with Crippen LogP contribution >= 0.6 is 0 Å². The van der Waals surface area contributed by atoms with Gasteiger partial charge in [0.15, 0.2) is 0 Å². The summed E-state index contributed by atoms with van der Waals surface area (Å²) in [7, 11) is 0. The van der Waals surface area contributed by atoms with Gasteiger partial charge >= 0.3 is 5.97 Å². The zero-order valence-electron chi connectivity index (χ0n) is 15.4. The first kappa shape index (κ1) is 18.9. The van der Waals surface area contributed by atoms with Crippen molar-refractivity contribution in [2.45, 2.75) is 32.0 Å². The van der Waals surface area contributed by atoms with E-state index in [1.54, 1.807) is 0 Å². The van der Waals surface area contributed by atoms with Crippen molar-refractivity contribution in [3.05, 3.63) is 108 Å². The Morgan fingerprint density at radius 2 is 1.11 bits per heavy atom. The maximum atomic E-state index is 11.6. The van der Waals surface area contributed by atoms with Crippen molar-refractivity contribution in [2.24, 2.45) is 0 Å². The summed E-state index contributed by atoms with van der Waals surface area (Å²) in [6, 6.07) is 30.6. The number of nitrogens with zero attached hydrogens (tertiary/aromatic N) is 1. The fourth-order valence-corrected chi connectivity index (χ4v) is 3.37. The Kier molecular flexibility index (Phi) is 6.78. The van der Waals surface area contributed by atoms with Crippen molar-refractivity contribution in [1.29, 1.82) is 0 Å². The third kappa shape index (κ3) is 6.08.